The average Bonchev–Trinajstić information content (AvgIpc) is 3.04. The standard InChI is InChI=1S/C19H18ClN3O2S/c20-17-14-3-1-2-4-15(14)26-18(17)19(24)22-12-13-5-6-16(21-11-13)23-7-9-25-10-8-23/h1-6,11H,7-10,12H2,(H,22,24). The molecule has 0 bridgehead atoms. The molecule has 134 valence electrons. The third kappa shape index (κ3) is 3.53. The van der Waals surface area contributed by atoms with E-state index in [4.69, 9.17) is 16.3 Å². The van der Waals surface area contributed by atoms with Crippen LogP contribution < -0.4 is 10.2 Å². The Kier molecular flexibility index (Phi) is 5.06. The zero-order chi connectivity index (χ0) is 17.9. The Hall–Kier alpha value is -2.15. The number of thiophene rings is 1. The predicted molar refractivity (Wildman–Crippen MR) is 105 cm³/mol. The predicted octanol–water partition coefficient (Wildman–Crippen LogP) is 3.72. The number of anilines is 1. The van der Waals surface area contributed by atoms with Gasteiger partial charge in [0.1, 0.15) is 10.7 Å². The normalized spacial score (nSPS) is 14.6. The lowest BCUT2D eigenvalue weighted by atomic mass is 10.2. The molecule has 7 heteroatoms. The van der Waals surface area contributed by atoms with E-state index in [0.29, 0.717) is 16.4 Å². The van der Waals surface area contributed by atoms with E-state index < -0.39 is 0 Å². The molecule has 1 saturated heterocycles. The summed E-state index contributed by atoms with van der Waals surface area (Å²) in [7, 11) is 0. The molecule has 1 N–H and O–H groups in total. The maximum Gasteiger partial charge on any atom is 0.263 e. The summed E-state index contributed by atoms with van der Waals surface area (Å²) in [5.41, 5.74) is 0.951. The van der Waals surface area contributed by atoms with E-state index in [0.717, 1.165) is 47.8 Å². The van der Waals surface area contributed by atoms with Crippen molar-refractivity contribution < 1.29 is 9.53 Å². The van der Waals surface area contributed by atoms with Gasteiger partial charge in [0.05, 0.1) is 18.2 Å². The van der Waals surface area contributed by atoms with Crippen LogP contribution in [0.4, 0.5) is 5.82 Å². The molecule has 1 aliphatic rings. The number of aromatic nitrogens is 1. The molecule has 2 aromatic heterocycles. The van der Waals surface area contributed by atoms with Crippen molar-refractivity contribution in [2.24, 2.45) is 0 Å². The Balaban J connectivity index is 1.41. The second-order valence-electron chi connectivity index (χ2n) is 6.05. The number of amides is 1. The summed E-state index contributed by atoms with van der Waals surface area (Å²) in [4.78, 5) is 19.7. The lowest BCUT2D eigenvalue weighted by molar-refractivity contribution is 0.0955. The number of carbonyl (C=O) groups excluding carboxylic acids is 1. The van der Waals surface area contributed by atoms with Crippen molar-refractivity contribution in [2.75, 3.05) is 31.2 Å². The van der Waals surface area contributed by atoms with Gasteiger partial charge in [-0.25, -0.2) is 4.98 Å². The lowest BCUT2D eigenvalue weighted by Gasteiger charge is -2.27. The molecule has 0 saturated carbocycles. The average molecular weight is 388 g/mol. The number of fused-ring (bicyclic) bond motifs is 1. The summed E-state index contributed by atoms with van der Waals surface area (Å²) in [6.45, 7) is 3.59. The van der Waals surface area contributed by atoms with Gasteiger partial charge in [-0.3, -0.25) is 4.79 Å². The molecule has 1 aliphatic heterocycles. The van der Waals surface area contributed by atoms with Crippen LogP contribution in [0.3, 0.4) is 0 Å². The Labute approximate surface area is 160 Å². The van der Waals surface area contributed by atoms with Gasteiger partial charge in [0.2, 0.25) is 0 Å². The van der Waals surface area contributed by atoms with Crippen LogP contribution in [0.2, 0.25) is 5.02 Å². The highest BCUT2D eigenvalue weighted by molar-refractivity contribution is 7.21. The van der Waals surface area contributed by atoms with E-state index in [1.807, 2.05) is 36.4 Å². The molecule has 0 aliphatic carbocycles. The number of halogens is 1. The van der Waals surface area contributed by atoms with Gasteiger partial charge < -0.3 is 15.0 Å². The van der Waals surface area contributed by atoms with E-state index >= 15 is 0 Å². The highest BCUT2D eigenvalue weighted by atomic mass is 35.5. The maximum atomic E-state index is 12.5. The summed E-state index contributed by atoms with van der Waals surface area (Å²) >= 11 is 7.77. The molecule has 1 amide bonds. The molecule has 0 unspecified atom stereocenters. The van der Waals surface area contributed by atoms with Crippen LogP contribution in [0.25, 0.3) is 10.1 Å². The number of benzene rings is 1. The highest BCUT2D eigenvalue weighted by Crippen LogP contribution is 2.35. The molecular formula is C19H18ClN3O2S. The Morgan fingerprint density at radius 3 is 2.77 bits per heavy atom. The molecular weight excluding hydrogens is 370 g/mol. The van der Waals surface area contributed by atoms with Crippen molar-refractivity contribution in [1.82, 2.24) is 10.3 Å². The second kappa shape index (κ2) is 7.61. The minimum absolute atomic E-state index is 0.159. The van der Waals surface area contributed by atoms with Gasteiger partial charge in [-0.1, -0.05) is 35.9 Å². The quantitative estimate of drug-likeness (QED) is 0.741. The van der Waals surface area contributed by atoms with Gasteiger partial charge in [-0.05, 0) is 17.7 Å². The number of carbonyl (C=O) groups is 1. The summed E-state index contributed by atoms with van der Waals surface area (Å²) in [6, 6.07) is 11.7. The van der Waals surface area contributed by atoms with Crippen molar-refractivity contribution in [3.05, 3.63) is 58.1 Å². The molecule has 3 aromatic rings. The number of rotatable bonds is 4. The maximum absolute atomic E-state index is 12.5. The van der Waals surface area contributed by atoms with Crippen molar-refractivity contribution in [2.45, 2.75) is 6.54 Å². The van der Waals surface area contributed by atoms with Crippen LogP contribution >= 0.6 is 22.9 Å². The van der Waals surface area contributed by atoms with Crippen LogP contribution in [0.15, 0.2) is 42.6 Å². The van der Waals surface area contributed by atoms with Crippen LogP contribution in [-0.2, 0) is 11.3 Å². The minimum atomic E-state index is -0.159. The first-order valence-corrected chi connectivity index (χ1v) is 9.64. The fourth-order valence-corrected chi connectivity index (χ4v) is 4.36. The van der Waals surface area contributed by atoms with Gasteiger partial charge in [0, 0.05) is 35.9 Å². The summed E-state index contributed by atoms with van der Waals surface area (Å²) in [5, 5.41) is 4.36. The number of nitrogens with zero attached hydrogens (tertiary/aromatic N) is 2. The van der Waals surface area contributed by atoms with Crippen LogP contribution in [0, 0.1) is 0 Å². The monoisotopic (exact) mass is 387 g/mol. The number of pyridine rings is 1. The summed E-state index contributed by atoms with van der Waals surface area (Å²) in [6.07, 6.45) is 1.80. The number of hydrogen-bond acceptors (Lipinski definition) is 5. The Morgan fingerprint density at radius 1 is 1.23 bits per heavy atom. The molecule has 1 fully saturated rings. The molecule has 3 heterocycles. The van der Waals surface area contributed by atoms with Crippen molar-refractivity contribution in [3.63, 3.8) is 0 Å². The van der Waals surface area contributed by atoms with Crippen LogP contribution in [0.5, 0.6) is 0 Å². The van der Waals surface area contributed by atoms with Gasteiger partial charge >= 0.3 is 0 Å². The Morgan fingerprint density at radius 2 is 2.04 bits per heavy atom. The largest absolute Gasteiger partial charge is 0.378 e. The van der Waals surface area contributed by atoms with Crippen molar-refractivity contribution in [3.8, 4) is 0 Å². The first-order valence-electron chi connectivity index (χ1n) is 8.45. The SMILES string of the molecule is O=C(NCc1ccc(N2CCOCC2)nc1)c1sc2ccccc2c1Cl. The molecule has 26 heavy (non-hydrogen) atoms. The molecule has 0 atom stereocenters. The van der Waals surface area contributed by atoms with Gasteiger partial charge in [-0.2, -0.15) is 0 Å². The van der Waals surface area contributed by atoms with Crippen molar-refractivity contribution in [1.29, 1.82) is 0 Å². The smallest absolute Gasteiger partial charge is 0.263 e. The zero-order valence-electron chi connectivity index (χ0n) is 14.1. The number of ether oxygens (including phenoxy) is 1. The van der Waals surface area contributed by atoms with E-state index in [-0.39, 0.29) is 5.91 Å². The third-order valence-electron chi connectivity index (χ3n) is 4.34. The summed E-state index contributed by atoms with van der Waals surface area (Å²) < 4.78 is 6.37. The summed E-state index contributed by atoms with van der Waals surface area (Å²) in [5.74, 6) is 0.782. The fourth-order valence-electron chi connectivity index (χ4n) is 2.92. The number of nitrogens with one attached hydrogen (secondary N) is 1. The number of hydrogen-bond donors (Lipinski definition) is 1. The lowest BCUT2D eigenvalue weighted by Crippen LogP contribution is -2.36. The molecule has 0 radical (unpaired) electrons. The minimum Gasteiger partial charge on any atom is -0.378 e. The van der Waals surface area contributed by atoms with Crippen LogP contribution in [0.1, 0.15) is 15.2 Å². The van der Waals surface area contributed by atoms with E-state index in [2.05, 4.69) is 15.2 Å². The van der Waals surface area contributed by atoms with Gasteiger partial charge in [0.15, 0.2) is 0 Å². The van der Waals surface area contributed by atoms with E-state index in [1.54, 1.807) is 6.20 Å². The first-order chi connectivity index (χ1) is 12.7. The van der Waals surface area contributed by atoms with Gasteiger partial charge in [-0.15, -0.1) is 11.3 Å². The highest BCUT2D eigenvalue weighted by Gasteiger charge is 2.17. The topological polar surface area (TPSA) is 54.5 Å². The van der Waals surface area contributed by atoms with E-state index in [9.17, 15) is 4.79 Å². The van der Waals surface area contributed by atoms with Gasteiger partial charge in [0.25, 0.3) is 5.91 Å². The van der Waals surface area contributed by atoms with E-state index in [1.165, 1.54) is 11.3 Å². The Bertz CT molecular complexity index is 920. The molecule has 0 spiro atoms. The third-order valence-corrected chi connectivity index (χ3v) is 6.01. The fraction of sp³-hybridized carbons (Fsp3) is 0.263. The molecule has 1 aromatic carbocycles. The second-order valence-corrected chi connectivity index (χ2v) is 7.48. The zero-order valence-corrected chi connectivity index (χ0v) is 15.6. The first kappa shape index (κ1) is 17.3. The van der Waals surface area contributed by atoms with Crippen molar-refractivity contribution >= 4 is 44.7 Å². The molecule has 5 nitrogen and oxygen atoms in total. The number of morpholine rings is 1. The molecule has 4 rings (SSSR count). The van der Waals surface area contributed by atoms with Crippen LogP contribution in [-0.4, -0.2) is 37.2 Å².